The van der Waals surface area contributed by atoms with Crippen LogP contribution in [0.2, 0.25) is 0 Å². The fraction of sp³-hybridized carbons (Fsp3) is 0.208. The standard InChI is InChI=1S/C24H26N2O3/c1-2-22(28)23(29)15-24-25-16-20(17-27)26(24)14-13-21(18-9-5-3-6-10-18)19-11-7-4-8-12-19/h2-12,15-16,21-22,27-29H,1,13-14,17H2/b23-15-. The van der Waals surface area contributed by atoms with Crippen LogP contribution in [-0.4, -0.2) is 31.0 Å². The third-order valence-corrected chi connectivity index (χ3v) is 4.98. The Kier molecular flexibility index (Phi) is 7.00. The summed E-state index contributed by atoms with van der Waals surface area (Å²) in [6, 6.07) is 20.6. The van der Waals surface area contributed by atoms with E-state index in [0.717, 1.165) is 6.42 Å². The molecule has 0 bridgehead atoms. The lowest BCUT2D eigenvalue weighted by molar-refractivity contribution is 0.196. The molecule has 3 rings (SSSR count). The smallest absolute Gasteiger partial charge is 0.136 e. The SMILES string of the molecule is C=CC(O)/C(O)=C/c1ncc(CO)n1CCC(c1ccccc1)c1ccccc1. The van der Waals surface area contributed by atoms with Crippen LogP contribution < -0.4 is 0 Å². The fourth-order valence-electron chi connectivity index (χ4n) is 3.42. The zero-order chi connectivity index (χ0) is 20.6. The first-order chi connectivity index (χ1) is 14.1. The van der Waals surface area contributed by atoms with E-state index in [4.69, 9.17) is 0 Å². The van der Waals surface area contributed by atoms with Crippen molar-refractivity contribution in [3.05, 3.63) is 108 Å². The molecule has 0 saturated carbocycles. The predicted molar refractivity (Wildman–Crippen MR) is 114 cm³/mol. The lowest BCUT2D eigenvalue weighted by atomic mass is 9.88. The van der Waals surface area contributed by atoms with Crippen LogP contribution in [0.1, 0.15) is 35.0 Å². The minimum Gasteiger partial charge on any atom is -0.509 e. The van der Waals surface area contributed by atoms with Gasteiger partial charge in [-0.15, -0.1) is 6.58 Å². The van der Waals surface area contributed by atoms with Crippen molar-refractivity contribution < 1.29 is 15.3 Å². The van der Waals surface area contributed by atoms with E-state index in [1.807, 2.05) is 41.0 Å². The number of aliphatic hydroxyl groups excluding tert-OH is 3. The van der Waals surface area contributed by atoms with E-state index < -0.39 is 6.10 Å². The van der Waals surface area contributed by atoms with Crippen LogP contribution in [0.5, 0.6) is 0 Å². The number of hydrogen-bond donors (Lipinski definition) is 3. The minimum absolute atomic E-state index is 0.160. The van der Waals surface area contributed by atoms with Gasteiger partial charge in [-0.3, -0.25) is 0 Å². The first kappa shape index (κ1) is 20.6. The van der Waals surface area contributed by atoms with Crippen LogP contribution in [0.4, 0.5) is 0 Å². The molecule has 1 atom stereocenters. The molecular weight excluding hydrogens is 364 g/mol. The van der Waals surface area contributed by atoms with Crippen LogP contribution in [0.25, 0.3) is 6.08 Å². The molecule has 3 aromatic rings. The van der Waals surface area contributed by atoms with Gasteiger partial charge in [-0.25, -0.2) is 4.98 Å². The molecule has 0 aliphatic rings. The monoisotopic (exact) mass is 390 g/mol. The number of rotatable bonds is 9. The molecule has 0 spiro atoms. The average Bonchev–Trinajstić information content (AvgIpc) is 3.16. The number of benzene rings is 2. The first-order valence-electron chi connectivity index (χ1n) is 9.60. The van der Waals surface area contributed by atoms with Crippen LogP contribution >= 0.6 is 0 Å². The van der Waals surface area contributed by atoms with Gasteiger partial charge in [0, 0.05) is 18.5 Å². The molecule has 0 saturated heterocycles. The molecule has 1 unspecified atom stereocenters. The van der Waals surface area contributed by atoms with Gasteiger partial charge in [-0.1, -0.05) is 66.7 Å². The van der Waals surface area contributed by atoms with Crippen molar-refractivity contribution in [3.8, 4) is 0 Å². The number of hydrogen-bond acceptors (Lipinski definition) is 4. The molecule has 0 radical (unpaired) electrons. The summed E-state index contributed by atoms with van der Waals surface area (Å²) < 4.78 is 1.87. The van der Waals surface area contributed by atoms with Gasteiger partial charge < -0.3 is 19.9 Å². The minimum atomic E-state index is -1.15. The summed E-state index contributed by atoms with van der Waals surface area (Å²) in [5, 5.41) is 29.5. The van der Waals surface area contributed by atoms with Crippen molar-refractivity contribution in [3.63, 3.8) is 0 Å². The van der Waals surface area contributed by atoms with Crippen LogP contribution in [0, 0.1) is 0 Å². The number of nitrogens with zero attached hydrogens (tertiary/aromatic N) is 2. The Balaban J connectivity index is 1.90. The fourth-order valence-corrected chi connectivity index (χ4v) is 3.42. The van der Waals surface area contributed by atoms with E-state index in [0.29, 0.717) is 18.1 Å². The van der Waals surface area contributed by atoms with E-state index in [1.165, 1.54) is 23.3 Å². The van der Waals surface area contributed by atoms with Gasteiger partial charge in [0.25, 0.3) is 0 Å². The maximum Gasteiger partial charge on any atom is 0.136 e. The largest absolute Gasteiger partial charge is 0.509 e. The Morgan fingerprint density at radius 2 is 1.62 bits per heavy atom. The van der Waals surface area contributed by atoms with Gasteiger partial charge in [0.2, 0.25) is 0 Å². The van der Waals surface area contributed by atoms with Gasteiger partial charge in [-0.05, 0) is 17.5 Å². The summed E-state index contributed by atoms with van der Waals surface area (Å²) in [5.41, 5.74) is 3.08. The Hall–Kier alpha value is -3.15. The summed E-state index contributed by atoms with van der Waals surface area (Å²) in [7, 11) is 0. The van der Waals surface area contributed by atoms with Crippen LogP contribution in [-0.2, 0) is 13.2 Å². The summed E-state index contributed by atoms with van der Waals surface area (Å²) in [6.45, 7) is 3.91. The van der Waals surface area contributed by atoms with E-state index in [9.17, 15) is 15.3 Å². The molecule has 150 valence electrons. The number of aromatic nitrogens is 2. The predicted octanol–water partition coefficient (Wildman–Crippen LogP) is 4.04. The van der Waals surface area contributed by atoms with Crippen molar-refractivity contribution in [1.82, 2.24) is 9.55 Å². The third kappa shape index (κ3) is 5.02. The second-order valence-corrected chi connectivity index (χ2v) is 6.83. The van der Waals surface area contributed by atoms with Gasteiger partial charge in [0.1, 0.15) is 17.7 Å². The lowest BCUT2D eigenvalue weighted by Gasteiger charge is -2.20. The highest BCUT2D eigenvalue weighted by Crippen LogP contribution is 2.29. The Bertz CT molecular complexity index is 909. The van der Waals surface area contributed by atoms with E-state index in [-0.39, 0.29) is 18.3 Å². The maximum absolute atomic E-state index is 10.0. The summed E-state index contributed by atoms with van der Waals surface area (Å²) in [5.74, 6) is 0.418. The Labute approximate surface area is 170 Å². The summed E-state index contributed by atoms with van der Waals surface area (Å²) in [6.07, 6.45) is 3.86. The third-order valence-electron chi connectivity index (χ3n) is 4.98. The normalized spacial score (nSPS) is 12.9. The molecular formula is C24H26N2O3. The zero-order valence-electron chi connectivity index (χ0n) is 16.2. The molecule has 5 nitrogen and oxygen atoms in total. The molecule has 29 heavy (non-hydrogen) atoms. The number of aliphatic hydroxyl groups is 3. The maximum atomic E-state index is 10.0. The Morgan fingerprint density at radius 1 is 1.03 bits per heavy atom. The zero-order valence-corrected chi connectivity index (χ0v) is 16.2. The van der Waals surface area contributed by atoms with Gasteiger partial charge in [0.05, 0.1) is 18.5 Å². The molecule has 0 aliphatic heterocycles. The highest BCUT2D eigenvalue weighted by molar-refractivity contribution is 5.46. The molecule has 2 aromatic carbocycles. The molecule has 1 heterocycles. The average molecular weight is 390 g/mol. The second kappa shape index (κ2) is 9.87. The van der Waals surface area contributed by atoms with Gasteiger partial charge in [-0.2, -0.15) is 0 Å². The first-order valence-corrected chi connectivity index (χ1v) is 9.60. The van der Waals surface area contributed by atoms with E-state index >= 15 is 0 Å². The highest BCUT2D eigenvalue weighted by atomic mass is 16.3. The second-order valence-electron chi connectivity index (χ2n) is 6.83. The summed E-state index contributed by atoms with van der Waals surface area (Å²) in [4.78, 5) is 4.29. The van der Waals surface area contributed by atoms with Crippen molar-refractivity contribution in [2.45, 2.75) is 31.6 Å². The van der Waals surface area contributed by atoms with Gasteiger partial charge in [0.15, 0.2) is 0 Å². The molecule has 0 aliphatic carbocycles. The quantitative estimate of drug-likeness (QED) is 0.381. The van der Waals surface area contributed by atoms with E-state index in [2.05, 4.69) is 35.8 Å². The van der Waals surface area contributed by atoms with E-state index in [1.54, 1.807) is 6.20 Å². The molecule has 0 fully saturated rings. The van der Waals surface area contributed by atoms with Crippen molar-refractivity contribution >= 4 is 6.08 Å². The summed E-state index contributed by atoms with van der Waals surface area (Å²) >= 11 is 0. The number of imidazole rings is 1. The van der Waals surface area contributed by atoms with Crippen molar-refractivity contribution in [2.75, 3.05) is 0 Å². The highest BCUT2D eigenvalue weighted by Gasteiger charge is 2.17. The van der Waals surface area contributed by atoms with Crippen LogP contribution in [0.15, 0.2) is 85.3 Å². The Morgan fingerprint density at radius 3 is 2.14 bits per heavy atom. The molecule has 1 aromatic heterocycles. The topological polar surface area (TPSA) is 78.5 Å². The molecule has 0 amide bonds. The molecule has 5 heteroatoms. The van der Waals surface area contributed by atoms with Crippen LogP contribution in [0.3, 0.4) is 0 Å². The van der Waals surface area contributed by atoms with Crippen molar-refractivity contribution in [1.29, 1.82) is 0 Å². The van der Waals surface area contributed by atoms with Gasteiger partial charge >= 0.3 is 0 Å². The van der Waals surface area contributed by atoms with Crippen molar-refractivity contribution in [2.24, 2.45) is 0 Å². The molecule has 3 N–H and O–H groups in total. The lowest BCUT2D eigenvalue weighted by Crippen LogP contribution is -2.12.